The molecule has 1 saturated heterocycles. The van der Waals surface area contributed by atoms with E-state index in [9.17, 15) is 14.4 Å². The molecule has 2 aliphatic rings. The van der Waals surface area contributed by atoms with Crippen molar-refractivity contribution in [2.45, 2.75) is 32.4 Å². The highest BCUT2D eigenvalue weighted by Crippen LogP contribution is 2.44. The molecule has 156 valence electrons. The summed E-state index contributed by atoms with van der Waals surface area (Å²) < 4.78 is 11.3. The maximum absolute atomic E-state index is 13.2. The number of nitrogens with zero attached hydrogens (tertiary/aromatic N) is 2. The summed E-state index contributed by atoms with van der Waals surface area (Å²) in [5.74, 6) is -0.394. The minimum atomic E-state index is -1.46. The van der Waals surface area contributed by atoms with Crippen LogP contribution in [0.2, 0.25) is 0 Å². The molecule has 0 N–H and O–H groups in total. The molecule has 0 spiro atoms. The third-order valence-corrected chi connectivity index (χ3v) is 5.79. The maximum Gasteiger partial charge on any atom is 0.353 e. The van der Waals surface area contributed by atoms with Crippen LogP contribution >= 0.6 is 0 Å². The van der Waals surface area contributed by atoms with Crippen molar-refractivity contribution < 1.29 is 23.9 Å². The molecule has 1 atom stereocenters. The molecule has 2 aromatic rings. The van der Waals surface area contributed by atoms with Gasteiger partial charge in [0, 0.05) is 19.9 Å². The molecule has 4 rings (SSSR count). The van der Waals surface area contributed by atoms with Crippen LogP contribution in [0, 0.1) is 13.8 Å². The number of anilines is 1. The van der Waals surface area contributed by atoms with E-state index in [-0.39, 0.29) is 37.9 Å². The second kappa shape index (κ2) is 7.48. The molecule has 0 bridgehead atoms. The number of ether oxygens (including phenoxy) is 2. The van der Waals surface area contributed by atoms with Gasteiger partial charge in [-0.05, 0) is 43.2 Å². The van der Waals surface area contributed by atoms with E-state index in [1.54, 1.807) is 24.3 Å². The van der Waals surface area contributed by atoms with Crippen molar-refractivity contribution in [1.82, 2.24) is 4.90 Å². The van der Waals surface area contributed by atoms with Crippen LogP contribution in [-0.4, -0.2) is 48.6 Å². The van der Waals surface area contributed by atoms with Crippen molar-refractivity contribution >= 4 is 23.5 Å². The second-order valence-corrected chi connectivity index (χ2v) is 7.68. The monoisotopic (exact) mass is 408 g/mol. The molecule has 30 heavy (non-hydrogen) atoms. The highest BCUT2D eigenvalue weighted by molar-refractivity contribution is 6.15. The third kappa shape index (κ3) is 3.01. The van der Waals surface area contributed by atoms with Gasteiger partial charge < -0.3 is 14.4 Å². The quantitative estimate of drug-likeness (QED) is 0.562. The number of fused-ring (bicyclic) bond motifs is 3. The van der Waals surface area contributed by atoms with Crippen molar-refractivity contribution in [1.29, 1.82) is 0 Å². The van der Waals surface area contributed by atoms with Gasteiger partial charge in [-0.15, -0.1) is 0 Å². The average Bonchev–Trinajstić information content (AvgIpc) is 3.10. The maximum atomic E-state index is 13.2. The molecule has 2 aliphatic heterocycles. The summed E-state index contributed by atoms with van der Waals surface area (Å²) in [5.41, 5.74) is 1.46. The Morgan fingerprint density at radius 2 is 1.87 bits per heavy atom. The van der Waals surface area contributed by atoms with Crippen molar-refractivity contribution in [3.05, 3.63) is 59.2 Å². The Morgan fingerprint density at radius 1 is 1.10 bits per heavy atom. The van der Waals surface area contributed by atoms with Gasteiger partial charge in [-0.25, -0.2) is 4.79 Å². The van der Waals surface area contributed by atoms with Gasteiger partial charge in [0.1, 0.15) is 19.0 Å². The van der Waals surface area contributed by atoms with Gasteiger partial charge in [0.2, 0.25) is 11.6 Å². The van der Waals surface area contributed by atoms with Crippen LogP contribution in [0.25, 0.3) is 0 Å². The van der Waals surface area contributed by atoms with E-state index < -0.39 is 11.6 Å². The van der Waals surface area contributed by atoms with E-state index in [4.69, 9.17) is 9.47 Å². The first-order chi connectivity index (χ1) is 14.4. The number of hydrogen-bond donors (Lipinski definition) is 0. The Balaban J connectivity index is 1.52. The van der Waals surface area contributed by atoms with Crippen LogP contribution in [-0.2, 0) is 14.3 Å². The zero-order valence-corrected chi connectivity index (χ0v) is 17.3. The molecular weight excluding hydrogens is 384 g/mol. The van der Waals surface area contributed by atoms with E-state index in [1.165, 1.54) is 16.8 Å². The summed E-state index contributed by atoms with van der Waals surface area (Å²) in [6.07, 6.45) is 0.360. The predicted octanol–water partition coefficient (Wildman–Crippen LogP) is 2.83. The fourth-order valence-corrected chi connectivity index (χ4v) is 4.16. The van der Waals surface area contributed by atoms with Gasteiger partial charge in [-0.2, -0.15) is 0 Å². The molecule has 0 radical (unpaired) electrons. The Bertz CT molecular complexity index is 1030. The Hall–Kier alpha value is -3.35. The number of rotatable bonds is 5. The van der Waals surface area contributed by atoms with Crippen LogP contribution in [0.5, 0.6) is 5.75 Å². The third-order valence-electron chi connectivity index (χ3n) is 5.79. The van der Waals surface area contributed by atoms with Crippen LogP contribution < -0.4 is 9.64 Å². The fourth-order valence-electron chi connectivity index (χ4n) is 4.16. The predicted molar refractivity (Wildman–Crippen MR) is 110 cm³/mol. The lowest BCUT2D eigenvalue weighted by Crippen LogP contribution is -2.67. The van der Waals surface area contributed by atoms with Gasteiger partial charge in [-0.1, -0.05) is 24.3 Å². The molecule has 2 amide bonds. The SMILES string of the molecule is Cc1ccc(C)c(OCCOC(=O)C23CCC(=O)N2c2ccccc2C(=O)N3C)c1. The molecule has 1 fully saturated rings. The van der Waals surface area contributed by atoms with Crippen LogP contribution in [0.1, 0.15) is 34.3 Å². The number of esters is 1. The standard InChI is InChI=1S/C23H24N2O5/c1-15-8-9-16(2)19(14-15)29-12-13-30-22(28)23-11-10-20(26)25(23)18-7-5-4-6-17(18)21(27)24(23)3/h4-9,14H,10-13H2,1-3H3. The first-order valence-corrected chi connectivity index (χ1v) is 9.94. The molecule has 0 aromatic heterocycles. The van der Waals surface area contributed by atoms with Crippen molar-refractivity contribution in [3.8, 4) is 5.75 Å². The number of carbonyl (C=O) groups is 3. The molecule has 1 unspecified atom stereocenters. The van der Waals surface area contributed by atoms with Gasteiger partial charge in [0.15, 0.2) is 0 Å². The number of para-hydroxylation sites is 1. The fraction of sp³-hybridized carbons (Fsp3) is 0.348. The van der Waals surface area contributed by atoms with E-state index in [2.05, 4.69) is 0 Å². The minimum Gasteiger partial charge on any atom is -0.490 e. The van der Waals surface area contributed by atoms with E-state index in [0.29, 0.717) is 11.3 Å². The molecule has 7 heteroatoms. The summed E-state index contributed by atoms with van der Waals surface area (Å²) in [6, 6.07) is 12.7. The summed E-state index contributed by atoms with van der Waals surface area (Å²) in [6.45, 7) is 4.11. The first kappa shape index (κ1) is 19.9. The van der Waals surface area contributed by atoms with E-state index in [0.717, 1.165) is 16.9 Å². The van der Waals surface area contributed by atoms with Gasteiger partial charge in [0.05, 0.1) is 11.3 Å². The van der Waals surface area contributed by atoms with Gasteiger partial charge in [0.25, 0.3) is 5.91 Å². The Labute approximate surface area is 175 Å². The van der Waals surface area contributed by atoms with Crippen molar-refractivity contribution in [2.75, 3.05) is 25.2 Å². The summed E-state index contributed by atoms with van der Waals surface area (Å²) in [7, 11) is 1.54. The van der Waals surface area contributed by atoms with Crippen LogP contribution in [0.3, 0.4) is 0 Å². The number of amides is 2. The molecule has 7 nitrogen and oxygen atoms in total. The highest BCUT2D eigenvalue weighted by Gasteiger charge is 2.60. The molecule has 0 aliphatic carbocycles. The number of hydrogen-bond acceptors (Lipinski definition) is 5. The van der Waals surface area contributed by atoms with Crippen molar-refractivity contribution in [2.24, 2.45) is 0 Å². The molecule has 0 saturated carbocycles. The Morgan fingerprint density at radius 3 is 2.67 bits per heavy atom. The zero-order chi connectivity index (χ0) is 21.5. The molecule has 2 aromatic carbocycles. The number of aryl methyl sites for hydroxylation is 2. The highest BCUT2D eigenvalue weighted by atomic mass is 16.6. The minimum absolute atomic E-state index is 0.0136. The lowest BCUT2D eigenvalue weighted by atomic mass is 9.97. The summed E-state index contributed by atoms with van der Waals surface area (Å²) >= 11 is 0. The number of carbonyl (C=O) groups excluding carboxylic acids is 3. The lowest BCUT2D eigenvalue weighted by Gasteiger charge is -2.46. The van der Waals surface area contributed by atoms with Crippen LogP contribution in [0.4, 0.5) is 5.69 Å². The van der Waals surface area contributed by atoms with Gasteiger partial charge >= 0.3 is 5.97 Å². The molecular formula is C23H24N2O5. The smallest absolute Gasteiger partial charge is 0.353 e. The van der Waals surface area contributed by atoms with E-state index in [1.807, 2.05) is 32.0 Å². The lowest BCUT2D eigenvalue weighted by molar-refractivity contribution is -0.157. The largest absolute Gasteiger partial charge is 0.490 e. The van der Waals surface area contributed by atoms with Crippen molar-refractivity contribution in [3.63, 3.8) is 0 Å². The second-order valence-electron chi connectivity index (χ2n) is 7.68. The average molecular weight is 408 g/mol. The summed E-state index contributed by atoms with van der Waals surface area (Å²) in [5, 5.41) is 0. The zero-order valence-electron chi connectivity index (χ0n) is 17.3. The Kier molecular flexibility index (Phi) is 4.97. The summed E-state index contributed by atoms with van der Waals surface area (Å²) in [4.78, 5) is 41.5. The molecule has 2 heterocycles. The topological polar surface area (TPSA) is 76.1 Å². The number of benzene rings is 2. The number of likely N-dealkylation sites (N-methyl/N-ethyl adjacent to an activating group) is 1. The normalized spacial score (nSPS) is 20.1. The van der Waals surface area contributed by atoms with Crippen LogP contribution in [0.15, 0.2) is 42.5 Å². The first-order valence-electron chi connectivity index (χ1n) is 9.94. The van der Waals surface area contributed by atoms with E-state index >= 15 is 0 Å². The van der Waals surface area contributed by atoms with Gasteiger partial charge in [-0.3, -0.25) is 14.5 Å².